The second kappa shape index (κ2) is 28.5. The number of urea groups is 2. The Hall–Kier alpha value is -9.02. The molecule has 2 aromatic heterocycles. The zero-order valence-corrected chi connectivity index (χ0v) is 54.3. The number of H-pyrrole nitrogens is 2. The summed E-state index contributed by atoms with van der Waals surface area (Å²) in [6.45, 7) is 13.7. The number of likely N-dealkylation sites (N-methyl/N-ethyl adjacent to an activating group) is 2. The lowest BCUT2D eigenvalue weighted by atomic mass is 9.89. The molecule has 0 unspecified atom stereocenters. The maximum absolute atomic E-state index is 14.7. The molecule has 4 atom stereocenters. The van der Waals surface area contributed by atoms with Gasteiger partial charge in [-0.3, -0.25) is 28.8 Å². The second-order valence-corrected chi connectivity index (χ2v) is 26.9. The number of rotatable bonds is 20. The molecule has 2 saturated heterocycles. The van der Waals surface area contributed by atoms with E-state index in [4.69, 9.17) is 0 Å². The number of benzene rings is 4. The van der Waals surface area contributed by atoms with Crippen molar-refractivity contribution in [3.05, 3.63) is 186 Å². The third kappa shape index (κ3) is 15.9. The summed E-state index contributed by atoms with van der Waals surface area (Å²) >= 11 is 0. The van der Waals surface area contributed by atoms with Crippen LogP contribution in [0.2, 0.25) is 0 Å². The lowest BCUT2D eigenvalue weighted by Gasteiger charge is -2.34. The fourth-order valence-electron chi connectivity index (χ4n) is 13.1. The highest BCUT2D eigenvalue weighted by Gasteiger charge is 2.45. The minimum Gasteiger partial charge on any atom is -0.343 e. The Morgan fingerprint density at radius 1 is 0.505 bits per heavy atom. The van der Waals surface area contributed by atoms with Crippen LogP contribution in [-0.2, 0) is 49.3 Å². The quantitative estimate of drug-likeness (QED) is 0.0364. The lowest BCUT2D eigenvalue weighted by molar-refractivity contribution is -0.129. The van der Waals surface area contributed by atoms with Gasteiger partial charge in [-0.1, -0.05) is 76.2 Å². The molecule has 22 heteroatoms. The molecule has 6 heterocycles. The van der Waals surface area contributed by atoms with Crippen LogP contribution in [0.5, 0.6) is 0 Å². The Bertz CT molecular complexity index is 3590. The molecule has 0 saturated carbocycles. The van der Waals surface area contributed by atoms with E-state index in [0.717, 1.165) is 22.3 Å². The van der Waals surface area contributed by atoms with Crippen molar-refractivity contribution in [2.45, 2.75) is 134 Å². The van der Waals surface area contributed by atoms with E-state index in [1.807, 2.05) is 76.2 Å². The predicted molar refractivity (Wildman–Crippen MR) is 356 cm³/mol. The number of pyridine rings is 2. The highest BCUT2D eigenvalue weighted by Crippen LogP contribution is 2.42. The molecular weight excluding hydrogens is 1190 g/mol. The molecule has 0 aliphatic carbocycles. The Balaban J connectivity index is 0.691. The number of carbonyl (C=O) groups is 6. The summed E-state index contributed by atoms with van der Waals surface area (Å²) in [5.41, 5.74) is 6.37. The molecule has 6 aromatic rings. The zero-order valence-electron chi connectivity index (χ0n) is 54.3. The summed E-state index contributed by atoms with van der Waals surface area (Å²) in [6.07, 6.45) is 4.27. The van der Waals surface area contributed by atoms with Gasteiger partial charge in [0.05, 0.1) is 23.5 Å². The van der Waals surface area contributed by atoms with Gasteiger partial charge in [-0.15, -0.1) is 0 Å². The van der Waals surface area contributed by atoms with Crippen molar-refractivity contribution < 1.29 is 37.5 Å². The van der Waals surface area contributed by atoms with Gasteiger partial charge in [0.25, 0.3) is 11.1 Å². The second-order valence-electron chi connectivity index (χ2n) is 26.9. The maximum Gasteiger partial charge on any atom is 0.321 e. The summed E-state index contributed by atoms with van der Waals surface area (Å²) in [7, 11) is 3.35. The van der Waals surface area contributed by atoms with Crippen molar-refractivity contribution in [2.75, 3.05) is 73.8 Å². The van der Waals surface area contributed by atoms with Crippen molar-refractivity contribution in [3.63, 3.8) is 0 Å². The molecule has 10 rings (SSSR count). The first-order valence-corrected chi connectivity index (χ1v) is 32.2. The molecule has 2 fully saturated rings. The summed E-state index contributed by atoms with van der Waals surface area (Å²) < 4.78 is 27.4. The number of aromatic amines is 2. The molecule has 4 aromatic carbocycles. The number of likely N-dealkylation sites (tertiary alicyclic amines) is 2. The van der Waals surface area contributed by atoms with Crippen molar-refractivity contribution in [2.24, 2.45) is 11.8 Å². The summed E-state index contributed by atoms with van der Waals surface area (Å²) in [4.78, 5) is 123. The van der Waals surface area contributed by atoms with Crippen LogP contribution in [0.3, 0.4) is 0 Å². The smallest absolute Gasteiger partial charge is 0.321 e. The fourth-order valence-corrected chi connectivity index (χ4v) is 13.1. The fraction of sp³-hybridized carbons (Fsp3) is 0.437. The normalized spacial score (nSPS) is 17.4. The van der Waals surface area contributed by atoms with Crippen molar-refractivity contribution in [1.29, 1.82) is 0 Å². The highest BCUT2D eigenvalue weighted by atomic mass is 19.1. The van der Waals surface area contributed by atoms with Gasteiger partial charge < -0.3 is 61.5 Å². The largest absolute Gasteiger partial charge is 0.343 e. The van der Waals surface area contributed by atoms with Crippen molar-refractivity contribution in [3.8, 4) is 0 Å². The Morgan fingerprint density at radius 2 is 0.828 bits per heavy atom. The molecule has 0 radical (unpaired) electrons. The van der Waals surface area contributed by atoms with Crippen LogP contribution in [0.1, 0.15) is 125 Å². The Morgan fingerprint density at radius 3 is 1.16 bits per heavy atom. The van der Waals surface area contributed by atoms with Gasteiger partial charge in [-0.05, 0) is 168 Å². The number of nitrogens with one attached hydrogen (secondary N) is 8. The average molecular weight is 1270 g/mol. The number of anilines is 4. The van der Waals surface area contributed by atoms with Gasteiger partial charge in [0.15, 0.2) is 0 Å². The minimum atomic E-state index is -0.874. The highest BCUT2D eigenvalue weighted by molar-refractivity contribution is 6.03. The number of halogens is 2. The molecule has 8 amide bonds. The summed E-state index contributed by atoms with van der Waals surface area (Å²) in [6, 6.07) is 27.4. The Labute approximate surface area is 541 Å². The summed E-state index contributed by atoms with van der Waals surface area (Å²) in [5, 5.41) is 18.0. The van der Waals surface area contributed by atoms with E-state index in [9.17, 15) is 47.1 Å². The molecular formula is C71H86F2N12O8. The van der Waals surface area contributed by atoms with Crippen LogP contribution in [0.25, 0.3) is 0 Å². The third-order valence-corrected chi connectivity index (χ3v) is 19.0. The number of hydrogen-bond acceptors (Lipinski definition) is 10. The van der Waals surface area contributed by atoms with Gasteiger partial charge in [0.1, 0.15) is 23.7 Å². The van der Waals surface area contributed by atoms with Gasteiger partial charge in [0, 0.05) is 96.8 Å². The van der Waals surface area contributed by atoms with E-state index < -0.39 is 35.0 Å². The van der Waals surface area contributed by atoms with Crippen LogP contribution in [-0.4, -0.2) is 133 Å². The summed E-state index contributed by atoms with van der Waals surface area (Å²) in [5.74, 6) is -1.93. The van der Waals surface area contributed by atoms with E-state index in [2.05, 4.69) is 41.9 Å². The third-order valence-electron chi connectivity index (χ3n) is 19.0. The standard InChI is InChI=1S/C71H86F2N12O8/c1-42(74-7)62(86)78-56(66(90)84-40-70(3,4)60-58(84)38-50(64(88)80-60)34-46-9-17-52(72)18-10-46)36-48-25-29-82(30-26-48)68(92)76-54-21-13-44(14-22-54)33-45-15-23-55(24-16-45)77-69(93)83-31-27-49(28-32-83)37-57(79-63(87)43(2)75-8)67(91)85-41-71(5,6)61-59(85)39-51(65(89)81-61)35-47-11-19-53(73)20-12-47/h9-24,38-39,42-43,48-49,56-57,74-75H,25-37,40-41H2,1-8H3,(H,76,92)(H,77,93)(H,78,86)(H,79,87)(H,80,88)(H,81,89)/t42-,43-,56-,57-/m0/s1. The number of amides is 8. The number of hydrogen-bond donors (Lipinski definition) is 8. The van der Waals surface area contributed by atoms with Crippen LogP contribution >= 0.6 is 0 Å². The first kappa shape index (κ1) is 66.9. The molecule has 4 aliphatic rings. The topological polar surface area (TPSA) is 253 Å². The van der Waals surface area contributed by atoms with Gasteiger partial charge in [-0.25, -0.2) is 18.4 Å². The van der Waals surface area contributed by atoms with E-state index in [1.165, 1.54) is 24.3 Å². The number of nitrogens with zero attached hydrogens (tertiary/aromatic N) is 4. The molecule has 4 aliphatic heterocycles. The minimum absolute atomic E-state index is 0.0202. The van der Waals surface area contributed by atoms with Crippen LogP contribution in [0.4, 0.5) is 41.1 Å². The lowest BCUT2D eigenvalue weighted by Crippen LogP contribution is -2.54. The molecule has 492 valence electrons. The van der Waals surface area contributed by atoms with E-state index in [1.54, 1.807) is 83.9 Å². The van der Waals surface area contributed by atoms with Crippen LogP contribution < -0.4 is 52.8 Å². The number of carbonyl (C=O) groups excluding carboxylic acids is 6. The van der Waals surface area contributed by atoms with Gasteiger partial charge in [0.2, 0.25) is 23.6 Å². The molecule has 8 N–H and O–H groups in total. The van der Waals surface area contributed by atoms with E-state index in [-0.39, 0.29) is 96.2 Å². The molecule has 0 spiro atoms. The zero-order chi connectivity index (χ0) is 66.5. The molecule has 20 nitrogen and oxygen atoms in total. The number of aromatic nitrogens is 2. The van der Waals surface area contributed by atoms with Crippen molar-refractivity contribution in [1.82, 2.24) is 41.0 Å². The SMILES string of the molecule is CN[C@@H](C)C(=O)N[C@@H](CC1CCN(C(=O)Nc2ccc(Cc3ccc(NC(=O)N4CCC(C[C@H](NC(=O)[C@H](C)NC)C(=O)N5CC(C)(C)c6[nH]c(=O)c(Cc7ccc(F)cc7)cc65)CC4)cc3)cc2)CC1)C(=O)N1CC(C)(C)c2[nH]c(=O)c(Cc3ccc(F)cc3)cc21. The van der Waals surface area contributed by atoms with Gasteiger partial charge >= 0.3 is 12.1 Å². The molecule has 93 heavy (non-hydrogen) atoms. The van der Waals surface area contributed by atoms with Crippen LogP contribution in [0, 0.1) is 23.5 Å². The maximum atomic E-state index is 14.7. The Kier molecular flexibility index (Phi) is 20.5. The predicted octanol–water partition coefficient (Wildman–Crippen LogP) is 8.22. The van der Waals surface area contributed by atoms with Crippen LogP contribution in [0.15, 0.2) is 119 Å². The first-order chi connectivity index (χ1) is 44.3. The average Bonchev–Trinajstić information content (AvgIpc) is 1.63. The first-order valence-electron chi connectivity index (χ1n) is 32.2. The monoisotopic (exact) mass is 1270 g/mol. The van der Waals surface area contributed by atoms with E-state index in [0.29, 0.717) is 116 Å². The number of piperidine rings is 2. The van der Waals surface area contributed by atoms with Crippen molar-refractivity contribution >= 4 is 58.4 Å². The van der Waals surface area contributed by atoms with Gasteiger partial charge in [-0.2, -0.15) is 0 Å². The molecule has 0 bridgehead atoms. The van der Waals surface area contributed by atoms with E-state index >= 15 is 0 Å². The number of fused-ring (bicyclic) bond motifs is 2.